The summed E-state index contributed by atoms with van der Waals surface area (Å²) in [5.41, 5.74) is 0.791. The molecule has 0 saturated heterocycles. The molecule has 36 heavy (non-hydrogen) atoms. The highest BCUT2D eigenvalue weighted by atomic mass is 35.5. The number of hydrogen-bond acceptors (Lipinski definition) is 3. The average Bonchev–Trinajstić information content (AvgIpc) is 2.84. The standard InChI is InChI=1S/C29H32ClN3O3/c1-18(29-13-20-9-21(14-29)11-22(10-20)15-29)31-26(34)17-33-25-12-23(30)7-8-24(25)32(27(35)28(33)36)16-19-5-3-2-4-6-19/h2-8,12,18,20-22H,9-11,13-17H2,1H3,(H,31,34). The van der Waals surface area contributed by atoms with Crippen LogP contribution >= 0.6 is 11.6 Å². The fourth-order valence-electron chi connectivity index (χ4n) is 7.76. The minimum atomic E-state index is -0.710. The zero-order valence-electron chi connectivity index (χ0n) is 20.6. The van der Waals surface area contributed by atoms with Crippen molar-refractivity contribution >= 4 is 28.5 Å². The van der Waals surface area contributed by atoms with Crippen LogP contribution in [0, 0.1) is 23.2 Å². The van der Waals surface area contributed by atoms with Gasteiger partial charge in [0.05, 0.1) is 17.6 Å². The van der Waals surface area contributed by atoms with Crippen molar-refractivity contribution < 1.29 is 4.79 Å². The molecule has 7 heteroatoms. The van der Waals surface area contributed by atoms with Gasteiger partial charge < -0.3 is 5.32 Å². The number of hydrogen-bond donors (Lipinski definition) is 1. The van der Waals surface area contributed by atoms with Crippen LogP contribution in [0.15, 0.2) is 58.1 Å². The molecule has 4 saturated carbocycles. The van der Waals surface area contributed by atoms with Crippen molar-refractivity contribution in [1.29, 1.82) is 0 Å². The Hall–Kier alpha value is -2.86. The van der Waals surface area contributed by atoms with E-state index in [9.17, 15) is 14.4 Å². The molecule has 1 amide bonds. The fraction of sp³-hybridized carbons (Fsp3) is 0.483. The lowest BCUT2D eigenvalue weighted by Crippen LogP contribution is -2.56. The highest BCUT2D eigenvalue weighted by Gasteiger charge is 2.53. The van der Waals surface area contributed by atoms with Crippen LogP contribution in [0.25, 0.3) is 11.0 Å². The monoisotopic (exact) mass is 505 g/mol. The van der Waals surface area contributed by atoms with E-state index in [1.165, 1.54) is 47.7 Å². The van der Waals surface area contributed by atoms with Gasteiger partial charge in [-0.05, 0) is 92.4 Å². The maximum absolute atomic E-state index is 13.3. The van der Waals surface area contributed by atoms with E-state index in [1.54, 1.807) is 18.2 Å². The number of carbonyl (C=O) groups excluding carboxylic acids is 1. The van der Waals surface area contributed by atoms with Crippen LogP contribution < -0.4 is 16.4 Å². The molecule has 3 aromatic rings. The fourth-order valence-corrected chi connectivity index (χ4v) is 7.93. The number of aromatic nitrogens is 2. The van der Waals surface area contributed by atoms with Crippen LogP contribution in [0.3, 0.4) is 0 Å². The van der Waals surface area contributed by atoms with Crippen molar-refractivity contribution in [3.63, 3.8) is 0 Å². The van der Waals surface area contributed by atoms with E-state index in [-0.39, 0.29) is 30.5 Å². The molecule has 0 aliphatic heterocycles. The van der Waals surface area contributed by atoms with Crippen LogP contribution in [0.1, 0.15) is 51.0 Å². The van der Waals surface area contributed by atoms with Gasteiger partial charge in [-0.1, -0.05) is 41.9 Å². The Morgan fingerprint density at radius 1 is 0.944 bits per heavy atom. The number of benzene rings is 2. The minimum absolute atomic E-state index is 0.0439. The number of fused-ring (bicyclic) bond motifs is 1. The second-order valence-electron chi connectivity index (χ2n) is 11.5. The normalized spacial score (nSPS) is 27.3. The first kappa shape index (κ1) is 23.5. The molecule has 1 unspecified atom stereocenters. The summed E-state index contributed by atoms with van der Waals surface area (Å²) < 4.78 is 2.75. The summed E-state index contributed by atoms with van der Waals surface area (Å²) in [6, 6.07) is 14.7. The summed E-state index contributed by atoms with van der Waals surface area (Å²) in [7, 11) is 0. The molecule has 2 aromatic carbocycles. The Labute approximate surface area is 215 Å². The smallest absolute Gasteiger partial charge is 0.317 e. The van der Waals surface area contributed by atoms with Gasteiger partial charge in [0.1, 0.15) is 6.54 Å². The summed E-state index contributed by atoms with van der Waals surface area (Å²) in [5.74, 6) is 2.14. The van der Waals surface area contributed by atoms with Crippen molar-refractivity contribution in [2.45, 2.75) is 64.6 Å². The number of nitrogens with one attached hydrogen (secondary N) is 1. The van der Waals surface area contributed by atoms with Crippen LogP contribution in [-0.2, 0) is 17.9 Å². The van der Waals surface area contributed by atoms with Gasteiger partial charge in [-0.15, -0.1) is 0 Å². The zero-order chi connectivity index (χ0) is 25.0. The molecule has 4 aliphatic carbocycles. The van der Waals surface area contributed by atoms with E-state index in [4.69, 9.17) is 11.6 Å². The molecule has 4 aliphatic rings. The van der Waals surface area contributed by atoms with Gasteiger partial charge in [-0.2, -0.15) is 0 Å². The molecule has 0 radical (unpaired) electrons. The van der Waals surface area contributed by atoms with E-state index in [2.05, 4.69) is 12.2 Å². The molecule has 1 heterocycles. The second kappa shape index (κ2) is 8.91. The summed E-state index contributed by atoms with van der Waals surface area (Å²) >= 11 is 6.29. The van der Waals surface area contributed by atoms with Gasteiger partial charge in [0.15, 0.2) is 0 Å². The molecule has 1 N–H and O–H groups in total. The first-order valence-electron chi connectivity index (χ1n) is 13.1. The number of halogens is 1. The third kappa shape index (κ3) is 4.09. The summed E-state index contributed by atoms with van der Waals surface area (Å²) in [4.78, 5) is 39.7. The number of amides is 1. The molecule has 0 spiro atoms. The van der Waals surface area contributed by atoms with E-state index in [1.807, 2.05) is 30.3 Å². The van der Waals surface area contributed by atoms with Crippen LogP contribution in [0.2, 0.25) is 5.02 Å². The molecule has 4 fully saturated rings. The third-order valence-electron chi connectivity index (χ3n) is 9.06. The highest BCUT2D eigenvalue weighted by Crippen LogP contribution is 2.61. The van der Waals surface area contributed by atoms with E-state index in [0.717, 1.165) is 23.3 Å². The molecule has 4 bridgehead atoms. The summed E-state index contributed by atoms with van der Waals surface area (Å²) in [6.45, 7) is 2.19. The van der Waals surface area contributed by atoms with Gasteiger partial charge >= 0.3 is 11.1 Å². The maximum atomic E-state index is 13.3. The summed E-state index contributed by atoms with van der Waals surface area (Å²) in [6.07, 6.45) is 7.61. The molecule has 1 aromatic heterocycles. The summed E-state index contributed by atoms with van der Waals surface area (Å²) in [5, 5.41) is 3.67. The Morgan fingerprint density at radius 2 is 1.56 bits per heavy atom. The van der Waals surface area contributed by atoms with Crippen molar-refractivity contribution in [3.8, 4) is 0 Å². The predicted octanol–water partition coefficient (Wildman–Crippen LogP) is 4.59. The first-order chi connectivity index (χ1) is 17.3. The topological polar surface area (TPSA) is 73.1 Å². The van der Waals surface area contributed by atoms with Crippen LogP contribution in [0.4, 0.5) is 0 Å². The van der Waals surface area contributed by atoms with Crippen LogP contribution in [0.5, 0.6) is 0 Å². The van der Waals surface area contributed by atoms with Crippen molar-refractivity contribution in [1.82, 2.24) is 14.5 Å². The van der Waals surface area contributed by atoms with Gasteiger partial charge in [0.25, 0.3) is 0 Å². The van der Waals surface area contributed by atoms with Gasteiger partial charge in [-0.3, -0.25) is 23.5 Å². The first-order valence-corrected chi connectivity index (χ1v) is 13.5. The lowest BCUT2D eigenvalue weighted by Gasteiger charge is -2.59. The Bertz CT molecular complexity index is 1410. The molecule has 1 atom stereocenters. The van der Waals surface area contributed by atoms with E-state index >= 15 is 0 Å². The Balaban J connectivity index is 1.30. The lowest BCUT2D eigenvalue weighted by molar-refractivity contribution is -0.126. The highest BCUT2D eigenvalue weighted by molar-refractivity contribution is 6.31. The molecule has 188 valence electrons. The SMILES string of the molecule is CC(NC(=O)Cn1c(=O)c(=O)n(Cc2ccccc2)c2ccc(Cl)cc21)C12CC3CC(CC(C3)C1)C2. The van der Waals surface area contributed by atoms with Gasteiger partial charge in [0.2, 0.25) is 5.91 Å². The second-order valence-corrected chi connectivity index (χ2v) is 11.9. The largest absolute Gasteiger partial charge is 0.352 e. The van der Waals surface area contributed by atoms with E-state index < -0.39 is 11.1 Å². The average molecular weight is 506 g/mol. The number of rotatable bonds is 6. The number of carbonyl (C=O) groups is 1. The number of nitrogens with zero attached hydrogens (tertiary/aromatic N) is 2. The van der Waals surface area contributed by atoms with Crippen LogP contribution in [-0.4, -0.2) is 21.1 Å². The van der Waals surface area contributed by atoms with Gasteiger partial charge in [0, 0.05) is 11.1 Å². The van der Waals surface area contributed by atoms with Crippen molar-refractivity contribution in [2.75, 3.05) is 0 Å². The Kier molecular flexibility index (Phi) is 5.83. The van der Waals surface area contributed by atoms with Gasteiger partial charge in [-0.25, -0.2) is 0 Å². The molecule has 6 nitrogen and oxygen atoms in total. The van der Waals surface area contributed by atoms with Crippen molar-refractivity contribution in [3.05, 3.63) is 79.8 Å². The predicted molar refractivity (Wildman–Crippen MR) is 141 cm³/mol. The van der Waals surface area contributed by atoms with Crippen molar-refractivity contribution in [2.24, 2.45) is 23.2 Å². The maximum Gasteiger partial charge on any atom is 0.317 e. The van der Waals surface area contributed by atoms with E-state index in [0.29, 0.717) is 16.1 Å². The minimum Gasteiger partial charge on any atom is -0.352 e. The third-order valence-corrected chi connectivity index (χ3v) is 9.29. The Morgan fingerprint density at radius 3 is 2.19 bits per heavy atom. The molecular weight excluding hydrogens is 474 g/mol. The molecule has 7 rings (SSSR count). The molecular formula is C29H32ClN3O3. The zero-order valence-corrected chi connectivity index (χ0v) is 21.3. The lowest BCUT2D eigenvalue weighted by atomic mass is 9.48. The quantitative estimate of drug-likeness (QED) is 0.498.